The first-order valence-electron chi connectivity index (χ1n) is 37.4. The number of benzene rings is 13. The quantitative estimate of drug-likeness (QED) is 0.141. The van der Waals surface area contributed by atoms with Crippen LogP contribution in [0.3, 0.4) is 0 Å². The molecule has 0 amide bonds. The fraction of sp³-hybridized carbons (Fsp3) is 0.163. The number of fused-ring (bicyclic) bond motifs is 11. The summed E-state index contributed by atoms with van der Waals surface area (Å²) in [6.07, 6.45) is 0. The van der Waals surface area contributed by atoms with Gasteiger partial charge in [-0.1, -0.05) is 72.8 Å². The summed E-state index contributed by atoms with van der Waals surface area (Å²) in [5.74, 6) is 0. The maximum atomic E-state index is 2.86. The minimum atomic E-state index is -0.257. The molecule has 0 spiro atoms. The molecule has 0 N–H and O–H groups in total. The summed E-state index contributed by atoms with van der Waals surface area (Å²) in [5.41, 5.74) is 39.1. The Bertz CT molecular complexity index is 5730. The predicted octanol–water partition coefficient (Wildman–Crippen LogP) is 22.4. The van der Waals surface area contributed by atoms with E-state index in [0.717, 1.165) is 11.4 Å². The molecule has 1 aromatic heterocycles. The van der Waals surface area contributed by atoms with Gasteiger partial charge in [-0.25, -0.2) is 0 Å². The Morgan fingerprint density at radius 3 is 0.876 bits per heavy atom. The summed E-state index contributed by atoms with van der Waals surface area (Å²) in [6.45, 7) is 28.5. The molecule has 0 saturated carbocycles. The van der Waals surface area contributed by atoms with E-state index in [0.29, 0.717) is 0 Å². The summed E-state index contributed by atoms with van der Waals surface area (Å²) < 4.78 is 2.77. The molecule has 6 heterocycles. The van der Waals surface area contributed by atoms with Crippen molar-refractivity contribution in [2.75, 3.05) is 19.6 Å². The Morgan fingerprint density at radius 2 is 0.514 bits per heavy atom. The monoisotopic (exact) mass is 1420 g/mol. The van der Waals surface area contributed by atoms with E-state index in [1.165, 1.54) is 176 Å². The number of hydrogen-bond donors (Lipinski definition) is 0. The molecule has 508 valence electrons. The van der Waals surface area contributed by atoms with Gasteiger partial charge in [-0.15, -0.1) is 0 Å². The third-order valence-corrected chi connectivity index (χ3v) is 25.5. The molecular weight excluding hydrogens is 1330 g/mol. The van der Waals surface area contributed by atoms with Crippen molar-refractivity contribution >= 4 is 129 Å². The minimum absolute atomic E-state index is 0.141. The van der Waals surface area contributed by atoms with Crippen LogP contribution in [0.25, 0.3) is 64.5 Å². The van der Waals surface area contributed by atoms with E-state index in [2.05, 4.69) is 394 Å². The van der Waals surface area contributed by atoms with Crippen molar-refractivity contribution in [3.05, 3.63) is 313 Å². The molecular formula is C98H84B2N4Se. The van der Waals surface area contributed by atoms with Crippen LogP contribution in [0.15, 0.2) is 291 Å². The number of anilines is 12. The second-order valence-corrected chi connectivity index (χ2v) is 35.9. The number of hydrogen-bond acceptors (Lipinski definition) is 4. The van der Waals surface area contributed by atoms with Gasteiger partial charge in [0, 0.05) is 0 Å². The first kappa shape index (κ1) is 65.0. The molecule has 19 rings (SSSR count). The van der Waals surface area contributed by atoms with E-state index in [1.807, 2.05) is 0 Å². The molecule has 0 bridgehead atoms. The molecule has 0 aliphatic carbocycles. The zero-order valence-corrected chi connectivity index (χ0v) is 63.8. The Hall–Kier alpha value is -10.8. The normalized spacial score (nSPS) is 13.8. The summed E-state index contributed by atoms with van der Waals surface area (Å²) >= 11 is -0.174. The van der Waals surface area contributed by atoms with Crippen molar-refractivity contribution in [2.24, 2.45) is 0 Å². The van der Waals surface area contributed by atoms with Crippen LogP contribution < -0.4 is 52.4 Å². The Balaban J connectivity index is 0.963. The van der Waals surface area contributed by atoms with Gasteiger partial charge in [0.05, 0.1) is 0 Å². The van der Waals surface area contributed by atoms with Crippen molar-refractivity contribution in [2.45, 2.75) is 105 Å². The van der Waals surface area contributed by atoms with E-state index < -0.39 is 0 Å². The van der Waals surface area contributed by atoms with Gasteiger partial charge >= 0.3 is 558 Å². The van der Waals surface area contributed by atoms with Gasteiger partial charge in [-0.3, -0.25) is 0 Å². The van der Waals surface area contributed by atoms with Gasteiger partial charge in [-0.05, 0) is 0 Å². The third-order valence-electron chi connectivity index (χ3n) is 22.9. The van der Waals surface area contributed by atoms with E-state index in [4.69, 9.17) is 0 Å². The average Bonchev–Trinajstić information content (AvgIpc) is 1.64. The fourth-order valence-electron chi connectivity index (χ4n) is 17.4. The van der Waals surface area contributed by atoms with Crippen molar-refractivity contribution in [3.8, 4) is 64.5 Å². The molecule has 5 aliphatic rings. The van der Waals surface area contributed by atoms with Gasteiger partial charge in [-0.2, -0.15) is 0 Å². The van der Waals surface area contributed by atoms with Gasteiger partial charge in [0.1, 0.15) is 0 Å². The van der Waals surface area contributed by atoms with Crippen LogP contribution in [0, 0.1) is 0 Å². The van der Waals surface area contributed by atoms with Crippen molar-refractivity contribution < 1.29 is 0 Å². The first-order chi connectivity index (χ1) is 50.6. The van der Waals surface area contributed by atoms with Gasteiger partial charge < -0.3 is 0 Å². The molecule has 14 aromatic rings. The molecule has 0 atom stereocenters. The van der Waals surface area contributed by atoms with Crippen LogP contribution in [0.5, 0.6) is 0 Å². The van der Waals surface area contributed by atoms with Crippen molar-refractivity contribution in [1.82, 2.24) is 0 Å². The second-order valence-electron chi connectivity index (χ2n) is 33.7. The SMILES string of the molecule is CC(C)(C)c1ccc2c(c1)B1c3ccc4c5c3N(c3cc(C(C)(C)C)cc(c31)N2c1cc(-c2ccccc2)cc(-c2ccccc2)c1)c1c(-c2ccccc2)[se]c(-c2ccccc2)c1N5c1cc(C(C)(C)C)cc2c1B4c1ccc(C(C)(C)C)cc1N2c1cc(-c2ccccc2)cc(-c2ccccc2)c1. The average molecular weight is 1420 g/mol. The van der Waals surface area contributed by atoms with Gasteiger partial charge in [0.25, 0.3) is 0 Å². The van der Waals surface area contributed by atoms with Crippen LogP contribution in [-0.2, 0) is 21.7 Å². The molecule has 7 heteroatoms. The molecule has 0 radical (unpaired) electrons. The standard InChI is InChI=1S/C98H84B2N4Se/c1-95(2,3)71-44-48-81-80(55-71)100-79-47-46-78-89-90(79)104(86-60-73(97(7,8)9)57-83(88(86)100)101(81)75-51-67(61-31-19-13-20-32-61)49-68(52-75)62-33-21-14-22-34-62)92-91(93(65-39-27-17-28-40-65)105-94(92)66-41-29-18-30-42-66)103(89)85-59-74(98(10,11)12)58-84-87(85)99(78)77-45-43-72(96(4,5)6)56-82(77)102(84)76-53-69(63-35-23-15-24-36-63)50-70(54-76)64-37-25-16-26-38-64/h13-60H,1-12H3. The first-order valence-corrected chi connectivity index (χ1v) is 39.2. The van der Waals surface area contributed by atoms with Crippen LogP contribution >= 0.6 is 0 Å². The van der Waals surface area contributed by atoms with Gasteiger partial charge in [0.2, 0.25) is 0 Å². The predicted molar refractivity (Wildman–Crippen MR) is 452 cm³/mol. The van der Waals surface area contributed by atoms with Gasteiger partial charge in [0.15, 0.2) is 0 Å². The Kier molecular flexibility index (Phi) is 14.8. The van der Waals surface area contributed by atoms with E-state index >= 15 is 0 Å². The summed E-state index contributed by atoms with van der Waals surface area (Å²) in [5, 5.41) is 0. The molecule has 0 unspecified atom stereocenters. The molecule has 4 nitrogen and oxygen atoms in total. The summed E-state index contributed by atoms with van der Waals surface area (Å²) in [6, 6.07) is 112. The van der Waals surface area contributed by atoms with E-state index in [9.17, 15) is 0 Å². The van der Waals surface area contributed by atoms with Crippen LogP contribution in [0.1, 0.15) is 105 Å². The third kappa shape index (κ3) is 10.5. The van der Waals surface area contributed by atoms with E-state index in [1.54, 1.807) is 0 Å². The summed E-state index contributed by atoms with van der Waals surface area (Å²) in [4.78, 5) is 11.1. The Morgan fingerprint density at radius 1 is 0.219 bits per heavy atom. The maximum absolute atomic E-state index is 2.86. The van der Waals surface area contributed by atoms with Crippen molar-refractivity contribution in [1.29, 1.82) is 0 Å². The number of nitrogens with zero attached hydrogens (tertiary/aromatic N) is 4. The number of rotatable bonds is 8. The second kappa shape index (κ2) is 23.9. The zero-order valence-electron chi connectivity index (χ0n) is 62.1. The summed E-state index contributed by atoms with van der Waals surface area (Å²) in [7, 11) is 0. The molecule has 0 fully saturated rings. The van der Waals surface area contributed by atoms with Crippen LogP contribution in [0.2, 0.25) is 0 Å². The van der Waals surface area contributed by atoms with Crippen molar-refractivity contribution in [3.63, 3.8) is 0 Å². The van der Waals surface area contributed by atoms with Crippen LogP contribution in [-0.4, -0.2) is 27.9 Å². The van der Waals surface area contributed by atoms with E-state index in [-0.39, 0.29) is 49.6 Å². The molecule has 105 heavy (non-hydrogen) atoms. The molecule has 13 aromatic carbocycles. The Labute approximate surface area is 626 Å². The molecule has 5 aliphatic heterocycles. The molecule has 0 saturated heterocycles. The zero-order chi connectivity index (χ0) is 71.7. The fourth-order valence-corrected chi connectivity index (χ4v) is 20.1. The van der Waals surface area contributed by atoms with Crippen LogP contribution in [0.4, 0.5) is 68.2 Å². The topological polar surface area (TPSA) is 13.0 Å².